The van der Waals surface area contributed by atoms with E-state index < -0.39 is 21.5 Å². The Kier molecular flexibility index (Phi) is 7.79. The molecule has 0 spiro atoms. The number of nitrogens with zero attached hydrogens (tertiary/aromatic N) is 4. The van der Waals surface area contributed by atoms with Crippen LogP contribution >= 0.6 is 11.3 Å². The normalized spacial score (nSPS) is 12.5. The van der Waals surface area contributed by atoms with Gasteiger partial charge in [0.2, 0.25) is 5.13 Å². The maximum Gasteiger partial charge on any atom is 0.296 e. The van der Waals surface area contributed by atoms with Crippen molar-refractivity contribution >= 4 is 32.1 Å². The number of anilines is 1. The van der Waals surface area contributed by atoms with Gasteiger partial charge in [0.15, 0.2) is 0 Å². The minimum absolute atomic E-state index is 0.151. The molecule has 1 amide bonds. The smallest absolute Gasteiger partial charge is 0.296 e. The number of halogens is 1. The lowest BCUT2D eigenvalue weighted by Gasteiger charge is -2.14. The SMILES string of the molecule is CN=[S@@](C)(=O)c1ccc(COc2nnc(NC(=O)c3cnc(C)cc3-c3c(F)cccc3OC)s2)cc1. The zero-order valence-electron chi connectivity index (χ0n) is 20.5. The van der Waals surface area contributed by atoms with E-state index in [1.165, 1.54) is 32.5 Å². The van der Waals surface area contributed by atoms with Crippen LogP contribution in [0.25, 0.3) is 11.1 Å². The van der Waals surface area contributed by atoms with Crippen molar-refractivity contribution in [2.24, 2.45) is 4.36 Å². The van der Waals surface area contributed by atoms with Gasteiger partial charge < -0.3 is 9.47 Å². The molecule has 12 heteroatoms. The van der Waals surface area contributed by atoms with Crippen LogP contribution in [0.2, 0.25) is 0 Å². The third-order valence-corrected chi connectivity index (χ3v) is 8.04. The van der Waals surface area contributed by atoms with E-state index >= 15 is 0 Å². The van der Waals surface area contributed by atoms with Gasteiger partial charge in [0.25, 0.3) is 11.1 Å². The van der Waals surface area contributed by atoms with Gasteiger partial charge in [-0.25, -0.2) is 13.0 Å². The van der Waals surface area contributed by atoms with Crippen LogP contribution in [0.3, 0.4) is 0 Å². The van der Waals surface area contributed by atoms with Gasteiger partial charge in [-0.1, -0.05) is 23.3 Å². The van der Waals surface area contributed by atoms with Gasteiger partial charge in [0.1, 0.15) is 18.2 Å². The summed E-state index contributed by atoms with van der Waals surface area (Å²) in [6.07, 6.45) is 2.96. The highest BCUT2D eigenvalue weighted by atomic mass is 32.2. The summed E-state index contributed by atoms with van der Waals surface area (Å²) >= 11 is 1.05. The molecular formula is C25H24FN5O4S2. The number of aromatic nitrogens is 3. The Bertz CT molecular complexity index is 1560. The molecule has 0 saturated heterocycles. The Balaban J connectivity index is 1.49. The second-order valence-electron chi connectivity index (χ2n) is 7.93. The Labute approximate surface area is 217 Å². The van der Waals surface area contributed by atoms with Gasteiger partial charge in [0, 0.05) is 35.7 Å². The van der Waals surface area contributed by atoms with Crippen molar-refractivity contribution in [1.82, 2.24) is 15.2 Å². The van der Waals surface area contributed by atoms with Crippen molar-refractivity contribution in [1.29, 1.82) is 0 Å². The Morgan fingerprint density at radius 1 is 1.19 bits per heavy atom. The fourth-order valence-corrected chi connectivity index (χ4v) is 4.90. The predicted molar refractivity (Wildman–Crippen MR) is 140 cm³/mol. The lowest BCUT2D eigenvalue weighted by molar-refractivity contribution is 0.102. The van der Waals surface area contributed by atoms with Crippen molar-refractivity contribution in [2.75, 3.05) is 25.7 Å². The maximum atomic E-state index is 14.8. The van der Waals surface area contributed by atoms with Crippen molar-refractivity contribution in [3.8, 4) is 22.1 Å². The minimum Gasteiger partial charge on any atom is -0.496 e. The highest BCUT2D eigenvalue weighted by Gasteiger charge is 2.21. The van der Waals surface area contributed by atoms with Crippen molar-refractivity contribution in [2.45, 2.75) is 18.4 Å². The average Bonchev–Trinajstić information content (AvgIpc) is 3.34. The Hall–Kier alpha value is -3.90. The number of pyridine rings is 1. The van der Waals surface area contributed by atoms with Crippen LogP contribution in [-0.2, 0) is 16.3 Å². The molecule has 1 atom stereocenters. The van der Waals surface area contributed by atoms with E-state index in [2.05, 4.69) is 24.9 Å². The second-order valence-corrected chi connectivity index (χ2v) is 11.3. The van der Waals surface area contributed by atoms with Crippen LogP contribution in [0.4, 0.5) is 9.52 Å². The van der Waals surface area contributed by atoms with Gasteiger partial charge in [-0.2, -0.15) is 0 Å². The zero-order valence-corrected chi connectivity index (χ0v) is 22.2. The fourth-order valence-electron chi connectivity index (χ4n) is 3.46. The molecule has 0 radical (unpaired) electrons. The number of carbonyl (C=O) groups excluding carboxylic acids is 1. The summed E-state index contributed by atoms with van der Waals surface area (Å²) in [5.41, 5.74) is 2.11. The predicted octanol–water partition coefficient (Wildman–Crippen LogP) is 4.97. The molecule has 9 nitrogen and oxygen atoms in total. The zero-order chi connectivity index (χ0) is 26.6. The van der Waals surface area contributed by atoms with Crippen molar-refractivity contribution < 1.29 is 22.9 Å². The molecule has 2 aromatic heterocycles. The summed E-state index contributed by atoms with van der Waals surface area (Å²) in [5.74, 6) is -0.760. The van der Waals surface area contributed by atoms with E-state index in [1.54, 1.807) is 49.6 Å². The second kappa shape index (κ2) is 11.0. The van der Waals surface area contributed by atoms with Gasteiger partial charge in [-0.3, -0.25) is 15.1 Å². The van der Waals surface area contributed by atoms with Crippen LogP contribution in [-0.4, -0.2) is 45.7 Å². The van der Waals surface area contributed by atoms with Crippen LogP contribution in [0.5, 0.6) is 10.9 Å². The van der Waals surface area contributed by atoms with E-state index in [0.717, 1.165) is 16.9 Å². The number of amides is 1. The topological polar surface area (TPSA) is 116 Å². The van der Waals surface area contributed by atoms with Gasteiger partial charge in [-0.05, 0) is 54.2 Å². The van der Waals surface area contributed by atoms with Gasteiger partial charge in [-0.15, -0.1) is 5.10 Å². The molecule has 0 fully saturated rings. The van der Waals surface area contributed by atoms with Crippen molar-refractivity contribution in [3.63, 3.8) is 0 Å². The number of benzene rings is 2. The standard InChI is InChI=1S/C25H24FN5O4S2/c1-15-12-18(22-20(26)6-5-7-21(22)34-3)19(13-28-15)23(32)29-24-30-31-25(36-24)35-14-16-8-10-17(11-9-16)37(4,33)27-2/h5-13H,14H2,1-4H3,(H,29,30,32)/t37-/m0/s1. The monoisotopic (exact) mass is 541 g/mol. The number of aryl methyl sites for hydroxylation is 1. The van der Waals surface area contributed by atoms with Crippen LogP contribution in [0.1, 0.15) is 21.6 Å². The summed E-state index contributed by atoms with van der Waals surface area (Å²) in [5, 5.41) is 11.1. The molecule has 0 aliphatic carbocycles. The number of ether oxygens (including phenoxy) is 2. The first-order valence-corrected chi connectivity index (χ1v) is 13.7. The van der Waals surface area contributed by atoms with E-state index in [0.29, 0.717) is 21.9 Å². The number of hydrogen-bond acceptors (Lipinski definition) is 9. The third kappa shape index (κ3) is 5.92. The summed E-state index contributed by atoms with van der Waals surface area (Å²) in [4.78, 5) is 17.9. The minimum atomic E-state index is -2.40. The summed E-state index contributed by atoms with van der Waals surface area (Å²) in [6, 6.07) is 13.2. The Morgan fingerprint density at radius 2 is 1.95 bits per heavy atom. The summed E-state index contributed by atoms with van der Waals surface area (Å²) in [7, 11) is 0.561. The molecule has 0 saturated carbocycles. The number of rotatable bonds is 8. The molecule has 0 aliphatic heterocycles. The van der Waals surface area contributed by atoms with Crippen LogP contribution in [0, 0.1) is 12.7 Å². The molecule has 4 rings (SSSR count). The third-order valence-electron chi connectivity index (χ3n) is 5.45. The number of methoxy groups -OCH3 is 1. The quantitative estimate of drug-likeness (QED) is 0.335. The molecule has 2 heterocycles. The molecule has 4 aromatic rings. The van der Waals surface area contributed by atoms with Crippen LogP contribution < -0.4 is 14.8 Å². The molecule has 0 bridgehead atoms. The van der Waals surface area contributed by atoms with E-state index in [1.807, 2.05) is 0 Å². The summed E-state index contributed by atoms with van der Waals surface area (Å²) in [6.45, 7) is 1.95. The van der Waals surface area contributed by atoms with Crippen LogP contribution in [0.15, 0.2) is 64.0 Å². The average molecular weight is 542 g/mol. The van der Waals surface area contributed by atoms with Gasteiger partial charge >= 0.3 is 0 Å². The van der Waals surface area contributed by atoms with E-state index in [4.69, 9.17) is 9.47 Å². The first kappa shape index (κ1) is 26.2. The lowest BCUT2D eigenvalue weighted by Crippen LogP contribution is -2.14. The molecule has 0 aliphatic rings. The molecule has 192 valence electrons. The molecular weight excluding hydrogens is 517 g/mol. The number of carbonyl (C=O) groups is 1. The lowest BCUT2D eigenvalue weighted by atomic mass is 9.98. The number of nitrogens with one attached hydrogen (secondary N) is 1. The molecule has 2 aromatic carbocycles. The largest absolute Gasteiger partial charge is 0.496 e. The van der Waals surface area contributed by atoms with E-state index in [9.17, 15) is 13.4 Å². The number of hydrogen-bond donors (Lipinski definition) is 1. The first-order valence-electron chi connectivity index (χ1n) is 11.0. The summed E-state index contributed by atoms with van der Waals surface area (Å²) < 4.78 is 42.0. The fraction of sp³-hybridized carbons (Fsp3) is 0.200. The maximum absolute atomic E-state index is 14.8. The first-order chi connectivity index (χ1) is 17.7. The molecule has 1 N–H and O–H groups in total. The van der Waals surface area contributed by atoms with E-state index in [-0.39, 0.29) is 28.1 Å². The van der Waals surface area contributed by atoms with Gasteiger partial charge in [0.05, 0.1) is 28.0 Å². The molecule has 37 heavy (non-hydrogen) atoms. The highest BCUT2D eigenvalue weighted by Crippen LogP contribution is 2.35. The Morgan fingerprint density at radius 3 is 2.65 bits per heavy atom. The van der Waals surface area contributed by atoms with Crippen molar-refractivity contribution in [3.05, 3.63) is 77.4 Å². The highest BCUT2D eigenvalue weighted by molar-refractivity contribution is 7.93. The molecule has 0 unspecified atom stereocenters.